The lowest BCUT2D eigenvalue weighted by molar-refractivity contribution is 0.104. The highest BCUT2D eigenvalue weighted by atomic mass is 35.5. The molecule has 0 saturated carbocycles. The fourth-order valence-electron chi connectivity index (χ4n) is 2.06. The molecule has 2 nitrogen and oxygen atoms in total. The molecule has 2 aromatic carbocycles. The Morgan fingerprint density at radius 3 is 2.56 bits per heavy atom. The Morgan fingerprint density at radius 2 is 1.78 bits per heavy atom. The SMILES string of the molecule is O=C(c1ccccc1)c1c[nH]c2cccc(Cl)c12. The number of carbonyl (C=O) groups is 1. The summed E-state index contributed by atoms with van der Waals surface area (Å²) in [6.45, 7) is 0. The molecule has 3 rings (SSSR count). The largest absolute Gasteiger partial charge is 0.360 e. The summed E-state index contributed by atoms with van der Waals surface area (Å²) in [4.78, 5) is 15.5. The van der Waals surface area contributed by atoms with Crippen LogP contribution in [0.2, 0.25) is 5.02 Å². The highest BCUT2D eigenvalue weighted by molar-refractivity contribution is 6.37. The molecule has 0 aliphatic carbocycles. The Morgan fingerprint density at radius 1 is 1.00 bits per heavy atom. The lowest BCUT2D eigenvalue weighted by Gasteiger charge is -2.00. The van der Waals surface area contributed by atoms with Crippen LogP contribution in [0, 0.1) is 0 Å². The average Bonchev–Trinajstić information content (AvgIpc) is 2.84. The predicted molar refractivity (Wildman–Crippen MR) is 73.2 cm³/mol. The summed E-state index contributed by atoms with van der Waals surface area (Å²) in [5.74, 6) is -0.0186. The van der Waals surface area contributed by atoms with Crippen molar-refractivity contribution in [2.75, 3.05) is 0 Å². The second-order valence-corrected chi connectivity index (χ2v) is 4.47. The quantitative estimate of drug-likeness (QED) is 0.689. The Balaban J connectivity index is 2.19. The second-order valence-electron chi connectivity index (χ2n) is 4.06. The third-order valence-corrected chi connectivity index (χ3v) is 3.25. The first-order valence-electron chi connectivity index (χ1n) is 5.63. The number of rotatable bonds is 2. The minimum Gasteiger partial charge on any atom is -0.360 e. The topological polar surface area (TPSA) is 32.9 Å². The molecule has 0 unspecified atom stereocenters. The van der Waals surface area contributed by atoms with E-state index in [-0.39, 0.29) is 5.78 Å². The molecule has 0 radical (unpaired) electrons. The molecule has 88 valence electrons. The van der Waals surface area contributed by atoms with Gasteiger partial charge in [0.1, 0.15) is 0 Å². The van der Waals surface area contributed by atoms with E-state index in [4.69, 9.17) is 11.6 Å². The van der Waals surface area contributed by atoms with Crippen molar-refractivity contribution in [3.05, 3.63) is 70.9 Å². The maximum atomic E-state index is 12.4. The Kier molecular flexibility index (Phi) is 2.65. The highest BCUT2D eigenvalue weighted by Crippen LogP contribution is 2.28. The van der Waals surface area contributed by atoms with E-state index < -0.39 is 0 Å². The maximum absolute atomic E-state index is 12.4. The van der Waals surface area contributed by atoms with Gasteiger partial charge in [-0.25, -0.2) is 0 Å². The summed E-state index contributed by atoms with van der Waals surface area (Å²) < 4.78 is 0. The lowest BCUT2D eigenvalue weighted by Crippen LogP contribution is -1.99. The molecule has 0 bridgehead atoms. The van der Waals surface area contributed by atoms with Crippen LogP contribution in [0.1, 0.15) is 15.9 Å². The van der Waals surface area contributed by atoms with Crippen molar-refractivity contribution in [1.82, 2.24) is 4.98 Å². The van der Waals surface area contributed by atoms with Crippen LogP contribution in [0.4, 0.5) is 0 Å². The zero-order valence-electron chi connectivity index (χ0n) is 9.48. The van der Waals surface area contributed by atoms with E-state index in [0.717, 1.165) is 10.9 Å². The van der Waals surface area contributed by atoms with E-state index in [1.807, 2.05) is 30.3 Å². The van der Waals surface area contributed by atoms with E-state index in [1.54, 1.807) is 24.4 Å². The van der Waals surface area contributed by atoms with Crippen LogP contribution in [0.15, 0.2) is 54.7 Å². The number of aromatic amines is 1. The van der Waals surface area contributed by atoms with Crippen LogP contribution in [0.3, 0.4) is 0 Å². The summed E-state index contributed by atoms with van der Waals surface area (Å²) in [7, 11) is 0. The number of hydrogen-bond acceptors (Lipinski definition) is 1. The average molecular weight is 256 g/mol. The fourth-order valence-corrected chi connectivity index (χ4v) is 2.34. The summed E-state index contributed by atoms with van der Waals surface area (Å²) in [6, 6.07) is 14.8. The number of H-pyrrole nitrogens is 1. The first-order chi connectivity index (χ1) is 8.77. The van der Waals surface area contributed by atoms with Gasteiger partial charge in [0.2, 0.25) is 0 Å². The smallest absolute Gasteiger partial charge is 0.195 e. The van der Waals surface area contributed by atoms with Gasteiger partial charge in [-0.2, -0.15) is 0 Å². The van der Waals surface area contributed by atoms with Crippen LogP contribution in [-0.2, 0) is 0 Å². The first-order valence-corrected chi connectivity index (χ1v) is 6.00. The molecule has 3 heteroatoms. The molecule has 1 N–H and O–H groups in total. The summed E-state index contributed by atoms with van der Waals surface area (Å²) >= 11 is 6.16. The molecular formula is C15H10ClNO. The molecule has 3 aromatic rings. The minimum absolute atomic E-state index is 0.0186. The van der Waals surface area contributed by atoms with Gasteiger partial charge in [0, 0.05) is 28.2 Å². The van der Waals surface area contributed by atoms with Gasteiger partial charge in [0.25, 0.3) is 0 Å². The molecule has 0 fully saturated rings. The van der Waals surface area contributed by atoms with Gasteiger partial charge in [0.15, 0.2) is 5.78 Å². The fraction of sp³-hybridized carbons (Fsp3) is 0. The van der Waals surface area contributed by atoms with Crippen LogP contribution < -0.4 is 0 Å². The van der Waals surface area contributed by atoms with E-state index in [9.17, 15) is 4.79 Å². The Bertz CT molecular complexity index is 716. The van der Waals surface area contributed by atoms with Crippen LogP contribution in [-0.4, -0.2) is 10.8 Å². The second kappa shape index (κ2) is 4.31. The normalized spacial score (nSPS) is 10.7. The molecule has 1 heterocycles. The monoisotopic (exact) mass is 255 g/mol. The molecule has 0 aliphatic heterocycles. The summed E-state index contributed by atoms with van der Waals surface area (Å²) in [6.07, 6.45) is 1.71. The van der Waals surface area contributed by atoms with Crippen LogP contribution >= 0.6 is 11.6 Å². The Hall–Kier alpha value is -2.06. The van der Waals surface area contributed by atoms with E-state index in [1.165, 1.54) is 0 Å². The van der Waals surface area contributed by atoms with Gasteiger partial charge in [-0.1, -0.05) is 48.0 Å². The van der Waals surface area contributed by atoms with E-state index in [0.29, 0.717) is 16.1 Å². The molecule has 1 aromatic heterocycles. The zero-order chi connectivity index (χ0) is 12.5. The number of nitrogens with one attached hydrogen (secondary N) is 1. The van der Waals surface area contributed by atoms with Crippen molar-refractivity contribution in [2.45, 2.75) is 0 Å². The number of ketones is 1. The molecule has 0 aliphatic rings. The van der Waals surface area contributed by atoms with Gasteiger partial charge in [-0.3, -0.25) is 4.79 Å². The van der Waals surface area contributed by atoms with Crippen molar-refractivity contribution >= 4 is 28.3 Å². The third kappa shape index (κ3) is 1.71. The van der Waals surface area contributed by atoms with Crippen LogP contribution in [0.25, 0.3) is 10.9 Å². The van der Waals surface area contributed by atoms with Gasteiger partial charge in [0.05, 0.1) is 5.02 Å². The minimum atomic E-state index is -0.0186. The number of hydrogen-bond donors (Lipinski definition) is 1. The van der Waals surface area contributed by atoms with Crippen molar-refractivity contribution in [2.24, 2.45) is 0 Å². The molecular weight excluding hydrogens is 246 g/mol. The van der Waals surface area contributed by atoms with Gasteiger partial charge in [-0.15, -0.1) is 0 Å². The molecule has 18 heavy (non-hydrogen) atoms. The molecule has 0 atom stereocenters. The van der Waals surface area contributed by atoms with Crippen molar-refractivity contribution in [1.29, 1.82) is 0 Å². The van der Waals surface area contributed by atoms with Gasteiger partial charge >= 0.3 is 0 Å². The number of halogens is 1. The van der Waals surface area contributed by atoms with Gasteiger partial charge in [-0.05, 0) is 12.1 Å². The zero-order valence-corrected chi connectivity index (χ0v) is 10.2. The van der Waals surface area contributed by atoms with Crippen molar-refractivity contribution in [3.63, 3.8) is 0 Å². The summed E-state index contributed by atoms with van der Waals surface area (Å²) in [5, 5.41) is 1.38. The molecule has 0 spiro atoms. The van der Waals surface area contributed by atoms with Crippen LogP contribution in [0.5, 0.6) is 0 Å². The molecule has 0 saturated heterocycles. The number of benzene rings is 2. The number of carbonyl (C=O) groups excluding carboxylic acids is 1. The highest BCUT2D eigenvalue weighted by Gasteiger charge is 2.15. The summed E-state index contributed by atoms with van der Waals surface area (Å²) in [5.41, 5.74) is 2.15. The first kappa shape index (κ1) is 11.1. The Labute approximate surface area is 109 Å². The van der Waals surface area contributed by atoms with Crippen molar-refractivity contribution < 1.29 is 4.79 Å². The third-order valence-electron chi connectivity index (χ3n) is 2.94. The van der Waals surface area contributed by atoms with E-state index in [2.05, 4.69) is 4.98 Å². The van der Waals surface area contributed by atoms with Crippen molar-refractivity contribution in [3.8, 4) is 0 Å². The maximum Gasteiger partial charge on any atom is 0.195 e. The van der Waals surface area contributed by atoms with E-state index >= 15 is 0 Å². The number of fused-ring (bicyclic) bond motifs is 1. The number of aromatic nitrogens is 1. The lowest BCUT2D eigenvalue weighted by atomic mass is 10.0. The predicted octanol–water partition coefficient (Wildman–Crippen LogP) is 4.05. The molecule has 0 amide bonds. The standard InChI is InChI=1S/C15H10ClNO/c16-12-7-4-8-13-14(12)11(9-17-13)15(18)10-5-2-1-3-6-10/h1-9,17H. The van der Waals surface area contributed by atoms with Gasteiger partial charge < -0.3 is 4.98 Å².